The zero-order chi connectivity index (χ0) is 20.3. The van der Waals surface area contributed by atoms with Gasteiger partial charge in [0.1, 0.15) is 0 Å². The number of piperazine rings is 1. The van der Waals surface area contributed by atoms with E-state index in [0.29, 0.717) is 31.7 Å². The summed E-state index contributed by atoms with van der Waals surface area (Å²) in [6, 6.07) is 13.5. The molecule has 1 aliphatic heterocycles. The lowest BCUT2D eigenvalue weighted by Crippen LogP contribution is -2.47. The summed E-state index contributed by atoms with van der Waals surface area (Å²) in [4.78, 5) is 14.7. The van der Waals surface area contributed by atoms with Crippen molar-refractivity contribution >= 4 is 21.6 Å². The van der Waals surface area contributed by atoms with Gasteiger partial charge in [-0.15, -0.1) is 0 Å². The van der Waals surface area contributed by atoms with E-state index in [9.17, 15) is 13.2 Å². The van der Waals surface area contributed by atoms with Crippen LogP contribution in [0.2, 0.25) is 0 Å². The number of carbonyl (C=O) groups is 1. The van der Waals surface area contributed by atoms with E-state index in [2.05, 4.69) is 10.2 Å². The highest BCUT2D eigenvalue weighted by atomic mass is 32.2. The molecule has 1 amide bonds. The lowest BCUT2D eigenvalue weighted by atomic mass is 10.1. The summed E-state index contributed by atoms with van der Waals surface area (Å²) < 4.78 is 24.7. The van der Waals surface area contributed by atoms with E-state index in [0.717, 1.165) is 28.9 Å². The Bertz CT molecular complexity index is 947. The second-order valence-electron chi connectivity index (χ2n) is 7.41. The first-order valence-corrected chi connectivity index (χ1v) is 11.2. The zero-order valence-corrected chi connectivity index (χ0v) is 17.4. The van der Waals surface area contributed by atoms with Gasteiger partial charge in [-0.25, -0.2) is 8.42 Å². The van der Waals surface area contributed by atoms with Crippen LogP contribution in [0.25, 0.3) is 0 Å². The summed E-state index contributed by atoms with van der Waals surface area (Å²) >= 11 is 0. The van der Waals surface area contributed by atoms with Crippen LogP contribution >= 0.6 is 0 Å². The smallest absolute Gasteiger partial charge is 0.255 e. The van der Waals surface area contributed by atoms with E-state index in [1.165, 1.54) is 10.6 Å². The first-order chi connectivity index (χ1) is 13.2. The second-order valence-corrected chi connectivity index (χ2v) is 9.39. The minimum atomic E-state index is -3.11. The highest BCUT2D eigenvalue weighted by Crippen LogP contribution is 2.18. The van der Waals surface area contributed by atoms with Gasteiger partial charge in [-0.3, -0.25) is 9.69 Å². The van der Waals surface area contributed by atoms with Crippen molar-refractivity contribution in [2.45, 2.75) is 20.4 Å². The van der Waals surface area contributed by atoms with Gasteiger partial charge in [0, 0.05) is 44.0 Å². The van der Waals surface area contributed by atoms with Crippen LogP contribution in [0.4, 0.5) is 5.69 Å². The van der Waals surface area contributed by atoms with Crippen molar-refractivity contribution < 1.29 is 13.2 Å². The van der Waals surface area contributed by atoms with E-state index in [-0.39, 0.29) is 5.91 Å². The van der Waals surface area contributed by atoms with Gasteiger partial charge in [-0.1, -0.05) is 29.8 Å². The molecule has 1 fully saturated rings. The summed E-state index contributed by atoms with van der Waals surface area (Å²) in [5, 5.41) is 2.96. The Labute approximate surface area is 167 Å². The fourth-order valence-electron chi connectivity index (χ4n) is 3.39. The van der Waals surface area contributed by atoms with Crippen LogP contribution in [-0.4, -0.2) is 56.0 Å². The number of amides is 1. The molecule has 1 heterocycles. The van der Waals surface area contributed by atoms with Crippen LogP contribution in [0.3, 0.4) is 0 Å². The summed E-state index contributed by atoms with van der Waals surface area (Å²) in [5.41, 5.74) is 4.75. The predicted molar refractivity (Wildman–Crippen MR) is 112 cm³/mol. The van der Waals surface area contributed by atoms with Crippen LogP contribution in [0.5, 0.6) is 0 Å². The van der Waals surface area contributed by atoms with Crippen molar-refractivity contribution in [1.82, 2.24) is 9.21 Å². The van der Waals surface area contributed by atoms with Gasteiger partial charge in [-0.05, 0) is 43.2 Å². The van der Waals surface area contributed by atoms with Crippen LogP contribution < -0.4 is 5.32 Å². The number of hydrogen-bond donors (Lipinski definition) is 1. The molecule has 0 atom stereocenters. The second kappa shape index (κ2) is 8.43. The van der Waals surface area contributed by atoms with Gasteiger partial charge in [0.05, 0.1) is 6.26 Å². The molecule has 1 N–H and O–H groups in total. The van der Waals surface area contributed by atoms with Crippen molar-refractivity contribution in [2.24, 2.45) is 0 Å². The van der Waals surface area contributed by atoms with E-state index in [4.69, 9.17) is 0 Å². The Kier molecular flexibility index (Phi) is 6.17. The molecule has 0 aliphatic carbocycles. The fraction of sp³-hybridized carbons (Fsp3) is 0.381. The Balaban J connectivity index is 1.57. The van der Waals surface area contributed by atoms with Gasteiger partial charge in [0.25, 0.3) is 5.91 Å². The molecular weight excluding hydrogens is 374 g/mol. The number of rotatable bonds is 5. The quantitative estimate of drug-likeness (QED) is 0.836. The summed E-state index contributed by atoms with van der Waals surface area (Å²) in [5.74, 6) is -0.125. The van der Waals surface area contributed by atoms with Gasteiger partial charge in [-0.2, -0.15) is 4.31 Å². The van der Waals surface area contributed by atoms with Crippen molar-refractivity contribution in [3.63, 3.8) is 0 Å². The number of sulfonamides is 1. The maximum absolute atomic E-state index is 12.5. The number of carbonyl (C=O) groups excluding carboxylic acids is 1. The lowest BCUT2D eigenvalue weighted by Gasteiger charge is -2.33. The number of aryl methyl sites for hydroxylation is 2. The standard InChI is InChI=1S/C21H27N3O3S/c1-16-4-9-20(17(2)14-16)22-21(25)19-7-5-18(6-8-19)15-23-10-12-24(13-11-23)28(3,26)27/h4-9,14H,10-13,15H2,1-3H3,(H,22,25). The van der Waals surface area contributed by atoms with Crippen molar-refractivity contribution in [1.29, 1.82) is 0 Å². The monoisotopic (exact) mass is 401 g/mol. The highest BCUT2D eigenvalue weighted by molar-refractivity contribution is 7.88. The molecular formula is C21H27N3O3S. The van der Waals surface area contributed by atoms with E-state index in [1.807, 2.05) is 56.3 Å². The van der Waals surface area contributed by atoms with E-state index >= 15 is 0 Å². The van der Waals surface area contributed by atoms with Crippen LogP contribution in [0.1, 0.15) is 27.0 Å². The Hall–Kier alpha value is -2.22. The zero-order valence-electron chi connectivity index (χ0n) is 16.6. The van der Waals surface area contributed by atoms with Gasteiger partial charge in [0.15, 0.2) is 0 Å². The summed E-state index contributed by atoms with van der Waals surface area (Å²) in [6.07, 6.45) is 1.25. The molecule has 0 saturated carbocycles. The van der Waals surface area contributed by atoms with E-state index in [1.54, 1.807) is 0 Å². The average molecular weight is 402 g/mol. The topological polar surface area (TPSA) is 69.7 Å². The van der Waals surface area contributed by atoms with Crippen LogP contribution in [-0.2, 0) is 16.6 Å². The molecule has 6 nitrogen and oxygen atoms in total. The molecule has 0 spiro atoms. The van der Waals surface area contributed by atoms with Crippen molar-refractivity contribution in [2.75, 3.05) is 37.8 Å². The van der Waals surface area contributed by atoms with Crippen molar-refractivity contribution in [3.8, 4) is 0 Å². The molecule has 0 aromatic heterocycles. The largest absolute Gasteiger partial charge is 0.322 e. The number of benzene rings is 2. The fourth-order valence-corrected chi connectivity index (χ4v) is 4.21. The minimum absolute atomic E-state index is 0.125. The minimum Gasteiger partial charge on any atom is -0.322 e. The Morgan fingerprint density at radius 3 is 2.21 bits per heavy atom. The SMILES string of the molecule is Cc1ccc(NC(=O)c2ccc(CN3CCN(S(C)(=O)=O)CC3)cc2)c(C)c1. The number of anilines is 1. The molecule has 0 bridgehead atoms. The average Bonchev–Trinajstić information content (AvgIpc) is 2.64. The molecule has 3 rings (SSSR count). The first-order valence-electron chi connectivity index (χ1n) is 9.37. The molecule has 0 unspecified atom stereocenters. The third-order valence-electron chi connectivity index (χ3n) is 5.05. The third kappa shape index (κ3) is 5.19. The Morgan fingerprint density at radius 1 is 1.00 bits per heavy atom. The molecule has 28 heavy (non-hydrogen) atoms. The number of hydrogen-bond acceptors (Lipinski definition) is 4. The molecule has 2 aromatic carbocycles. The van der Waals surface area contributed by atoms with Crippen LogP contribution in [0.15, 0.2) is 42.5 Å². The van der Waals surface area contributed by atoms with E-state index < -0.39 is 10.0 Å². The first kappa shape index (κ1) is 20.5. The lowest BCUT2D eigenvalue weighted by molar-refractivity contribution is 0.102. The Morgan fingerprint density at radius 2 is 1.64 bits per heavy atom. The summed E-state index contributed by atoms with van der Waals surface area (Å²) in [6.45, 7) is 7.22. The summed E-state index contributed by atoms with van der Waals surface area (Å²) in [7, 11) is -3.11. The maximum Gasteiger partial charge on any atom is 0.255 e. The molecule has 2 aromatic rings. The van der Waals surface area contributed by atoms with Crippen molar-refractivity contribution in [3.05, 3.63) is 64.7 Å². The highest BCUT2D eigenvalue weighted by Gasteiger charge is 2.23. The number of nitrogens with one attached hydrogen (secondary N) is 1. The molecule has 1 saturated heterocycles. The van der Waals surface area contributed by atoms with Gasteiger partial charge < -0.3 is 5.32 Å². The third-order valence-corrected chi connectivity index (χ3v) is 6.36. The molecule has 7 heteroatoms. The molecule has 1 aliphatic rings. The maximum atomic E-state index is 12.5. The normalized spacial score (nSPS) is 16.1. The van der Waals surface area contributed by atoms with Crippen LogP contribution in [0, 0.1) is 13.8 Å². The van der Waals surface area contributed by atoms with Gasteiger partial charge in [0.2, 0.25) is 10.0 Å². The van der Waals surface area contributed by atoms with Gasteiger partial charge >= 0.3 is 0 Å². The molecule has 150 valence electrons. The number of nitrogens with zero attached hydrogens (tertiary/aromatic N) is 2. The molecule has 0 radical (unpaired) electrons. The predicted octanol–water partition coefficient (Wildman–Crippen LogP) is 2.63.